The first-order valence-electron chi connectivity index (χ1n) is 6.18. The fourth-order valence-corrected chi connectivity index (χ4v) is 2.52. The highest BCUT2D eigenvalue weighted by molar-refractivity contribution is 9.10. The fraction of sp³-hybridized carbons (Fsp3) is 0.462. The average Bonchev–Trinajstić information content (AvgIpc) is 2.86. The third kappa shape index (κ3) is 2.96. The van der Waals surface area contributed by atoms with Gasteiger partial charge in [-0.15, -0.1) is 0 Å². The lowest BCUT2D eigenvalue weighted by Crippen LogP contribution is -2.39. The summed E-state index contributed by atoms with van der Waals surface area (Å²) in [5.74, 6) is 0.145. The molecule has 0 radical (unpaired) electrons. The topological polar surface area (TPSA) is 58.4 Å². The first kappa shape index (κ1) is 13.2. The zero-order valence-electron chi connectivity index (χ0n) is 10.4. The van der Waals surface area contributed by atoms with Gasteiger partial charge in [-0.3, -0.25) is 4.79 Å². The number of nitrogens with zero attached hydrogens (tertiary/aromatic N) is 1. The number of amides is 1. The standard InChI is InChI=1S/C13H18BrN3O/c1-9(13(18)17-6-2-3-7-17)16-12-8-10(14)4-5-11(12)15/h4-5,8-9,16H,2-3,6-7,15H2,1H3. The van der Waals surface area contributed by atoms with Gasteiger partial charge in [-0.2, -0.15) is 0 Å². The van der Waals surface area contributed by atoms with Gasteiger partial charge in [0.1, 0.15) is 6.04 Å². The molecule has 1 fully saturated rings. The van der Waals surface area contributed by atoms with Crippen molar-refractivity contribution in [2.24, 2.45) is 0 Å². The second-order valence-corrected chi connectivity index (χ2v) is 5.55. The van der Waals surface area contributed by atoms with Gasteiger partial charge < -0.3 is 16.0 Å². The van der Waals surface area contributed by atoms with Gasteiger partial charge in [0.2, 0.25) is 5.91 Å². The van der Waals surface area contributed by atoms with Crippen molar-refractivity contribution in [3.8, 4) is 0 Å². The van der Waals surface area contributed by atoms with Gasteiger partial charge in [0, 0.05) is 17.6 Å². The minimum atomic E-state index is -0.250. The maximum absolute atomic E-state index is 12.2. The number of hydrogen-bond donors (Lipinski definition) is 2. The number of halogens is 1. The van der Waals surface area contributed by atoms with E-state index in [1.165, 1.54) is 0 Å². The molecule has 1 saturated heterocycles. The van der Waals surface area contributed by atoms with Crippen molar-refractivity contribution in [3.63, 3.8) is 0 Å². The second-order valence-electron chi connectivity index (χ2n) is 4.63. The van der Waals surface area contributed by atoms with E-state index in [4.69, 9.17) is 5.73 Å². The van der Waals surface area contributed by atoms with Gasteiger partial charge in [0.15, 0.2) is 0 Å². The van der Waals surface area contributed by atoms with Crippen molar-refractivity contribution in [1.82, 2.24) is 4.90 Å². The number of nitrogens with two attached hydrogens (primary N) is 1. The number of carbonyl (C=O) groups excluding carboxylic acids is 1. The normalized spacial score (nSPS) is 16.7. The predicted octanol–water partition coefficient (Wildman–Crippen LogP) is 2.45. The molecule has 5 heteroatoms. The Kier molecular flexibility index (Phi) is 4.11. The van der Waals surface area contributed by atoms with Gasteiger partial charge in [0.05, 0.1) is 11.4 Å². The summed E-state index contributed by atoms with van der Waals surface area (Å²) in [5, 5.41) is 3.18. The van der Waals surface area contributed by atoms with Gasteiger partial charge in [-0.25, -0.2) is 0 Å². The molecule has 1 unspecified atom stereocenters. The molecule has 1 aliphatic rings. The van der Waals surface area contributed by atoms with Crippen LogP contribution in [0.2, 0.25) is 0 Å². The molecule has 98 valence electrons. The van der Waals surface area contributed by atoms with Crippen LogP contribution in [-0.2, 0) is 4.79 Å². The molecule has 1 amide bonds. The van der Waals surface area contributed by atoms with E-state index < -0.39 is 0 Å². The summed E-state index contributed by atoms with van der Waals surface area (Å²) in [4.78, 5) is 14.1. The van der Waals surface area contributed by atoms with E-state index in [0.29, 0.717) is 5.69 Å². The molecule has 1 aliphatic heterocycles. The number of likely N-dealkylation sites (tertiary alicyclic amines) is 1. The minimum Gasteiger partial charge on any atom is -0.397 e. The Morgan fingerprint density at radius 1 is 1.44 bits per heavy atom. The summed E-state index contributed by atoms with van der Waals surface area (Å²) in [6, 6.07) is 5.34. The maximum Gasteiger partial charge on any atom is 0.244 e. The van der Waals surface area contributed by atoms with Gasteiger partial charge in [0.25, 0.3) is 0 Å². The monoisotopic (exact) mass is 311 g/mol. The molecule has 1 heterocycles. The van der Waals surface area contributed by atoms with Crippen LogP contribution in [-0.4, -0.2) is 29.9 Å². The smallest absolute Gasteiger partial charge is 0.244 e. The Hall–Kier alpha value is -1.23. The molecule has 3 N–H and O–H groups in total. The van der Waals surface area contributed by atoms with Crippen molar-refractivity contribution >= 4 is 33.2 Å². The molecular weight excluding hydrogens is 294 g/mol. The van der Waals surface area contributed by atoms with E-state index in [9.17, 15) is 4.79 Å². The minimum absolute atomic E-state index is 0.145. The van der Waals surface area contributed by atoms with E-state index in [1.807, 2.05) is 30.0 Å². The lowest BCUT2D eigenvalue weighted by atomic mass is 10.2. The molecule has 0 aromatic heterocycles. The number of nitrogens with one attached hydrogen (secondary N) is 1. The van der Waals surface area contributed by atoms with E-state index in [2.05, 4.69) is 21.2 Å². The summed E-state index contributed by atoms with van der Waals surface area (Å²) < 4.78 is 0.944. The van der Waals surface area contributed by atoms with Crippen LogP contribution in [0.3, 0.4) is 0 Å². The number of carbonyl (C=O) groups is 1. The lowest BCUT2D eigenvalue weighted by Gasteiger charge is -2.22. The van der Waals surface area contributed by atoms with Crippen LogP contribution in [0.1, 0.15) is 19.8 Å². The molecular formula is C13H18BrN3O. The second kappa shape index (κ2) is 5.61. The third-order valence-corrected chi connectivity index (χ3v) is 3.67. The highest BCUT2D eigenvalue weighted by atomic mass is 79.9. The van der Waals surface area contributed by atoms with Crippen LogP contribution >= 0.6 is 15.9 Å². The fourth-order valence-electron chi connectivity index (χ4n) is 2.16. The Morgan fingerprint density at radius 3 is 2.78 bits per heavy atom. The molecule has 2 rings (SSSR count). The zero-order chi connectivity index (χ0) is 13.1. The lowest BCUT2D eigenvalue weighted by molar-refractivity contribution is -0.130. The summed E-state index contributed by atoms with van der Waals surface area (Å²) in [5.41, 5.74) is 7.33. The van der Waals surface area contributed by atoms with Gasteiger partial charge in [-0.1, -0.05) is 15.9 Å². The van der Waals surface area contributed by atoms with Crippen molar-refractivity contribution in [2.45, 2.75) is 25.8 Å². The summed E-state index contributed by atoms with van der Waals surface area (Å²) >= 11 is 3.40. The first-order valence-corrected chi connectivity index (χ1v) is 6.97. The number of benzene rings is 1. The van der Waals surface area contributed by atoms with E-state index in [0.717, 1.165) is 36.1 Å². The van der Waals surface area contributed by atoms with Crippen LogP contribution in [0.5, 0.6) is 0 Å². The molecule has 0 spiro atoms. The summed E-state index contributed by atoms with van der Waals surface area (Å²) in [7, 11) is 0. The van der Waals surface area contributed by atoms with Crippen molar-refractivity contribution in [1.29, 1.82) is 0 Å². The molecule has 4 nitrogen and oxygen atoms in total. The van der Waals surface area contributed by atoms with Crippen molar-refractivity contribution in [2.75, 3.05) is 24.1 Å². The number of rotatable bonds is 3. The molecule has 18 heavy (non-hydrogen) atoms. The average molecular weight is 312 g/mol. The predicted molar refractivity (Wildman–Crippen MR) is 77.5 cm³/mol. The van der Waals surface area contributed by atoms with Crippen LogP contribution in [0.4, 0.5) is 11.4 Å². The molecule has 0 saturated carbocycles. The third-order valence-electron chi connectivity index (χ3n) is 3.18. The van der Waals surface area contributed by atoms with Crippen molar-refractivity contribution in [3.05, 3.63) is 22.7 Å². The van der Waals surface area contributed by atoms with Crippen LogP contribution in [0, 0.1) is 0 Å². The van der Waals surface area contributed by atoms with E-state index in [1.54, 1.807) is 0 Å². The summed E-state index contributed by atoms with van der Waals surface area (Å²) in [6.07, 6.45) is 2.22. The quantitative estimate of drug-likeness (QED) is 0.843. The largest absolute Gasteiger partial charge is 0.397 e. The van der Waals surface area contributed by atoms with Gasteiger partial charge in [-0.05, 0) is 38.0 Å². The Bertz CT molecular complexity index is 444. The maximum atomic E-state index is 12.2. The number of nitrogen functional groups attached to an aromatic ring is 1. The Morgan fingerprint density at radius 2 is 2.11 bits per heavy atom. The molecule has 0 aliphatic carbocycles. The molecule has 1 atom stereocenters. The van der Waals surface area contributed by atoms with Crippen LogP contribution < -0.4 is 11.1 Å². The van der Waals surface area contributed by atoms with Gasteiger partial charge >= 0.3 is 0 Å². The SMILES string of the molecule is CC(Nc1cc(Br)ccc1N)C(=O)N1CCCC1. The Labute approximate surface area is 116 Å². The highest BCUT2D eigenvalue weighted by Crippen LogP contribution is 2.24. The van der Waals surface area contributed by atoms with E-state index in [-0.39, 0.29) is 11.9 Å². The highest BCUT2D eigenvalue weighted by Gasteiger charge is 2.23. The molecule has 1 aromatic rings. The first-order chi connectivity index (χ1) is 8.58. The number of anilines is 2. The summed E-state index contributed by atoms with van der Waals surface area (Å²) in [6.45, 7) is 3.62. The van der Waals surface area contributed by atoms with Crippen LogP contribution in [0.25, 0.3) is 0 Å². The van der Waals surface area contributed by atoms with Crippen LogP contribution in [0.15, 0.2) is 22.7 Å². The zero-order valence-corrected chi connectivity index (χ0v) is 12.0. The van der Waals surface area contributed by atoms with Crippen molar-refractivity contribution < 1.29 is 4.79 Å². The van der Waals surface area contributed by atoms with E-state index >= 15 is 0 Å². The Balaban J connectivity index is 2.03. The molecule has 1 aromatic carbocycles. The molecule has 0 bridgehead atoms. The number of hydrogen-bond acceptors (Lipinski definition) is 3.